The lowest BCUT2D eigenvalue weighted by molar-refractivity contribution is 0.0776. The van der Waals surface area contributed by atoms with Crippen LogP contribution < -0.4 is 15.8 Å². The van der Waals surface area contributed by atoms with Gasteiger partial charge in [-0.1, -0.05) is 18.2 Å². The standard InChI is InChI=1S/C37H30F2N6O4S/c1-48-32-22-10-13-24(21(22)9-11-23(32)39)42-34-33-19(14-15-40-34)17-27(50-33)29-28(35-43-44-37(47)49-35)25(12-6-18-4-7-20(38)8-5-18)41-31-26-3-2-16-45(26)36(46)30(29)31/h4-5,7-9,11,14-15,17,24,26H,2-3,6,10,12-13,16H2,1H3,(H,40,42)(H,44,47)/t24-,26?/m1/s1. The van der Waals surface area contributed by atoms with Crippen molar-refractivity contribution >= 4 is 33.1 Å². The molecule has 1 saturated heterocycles. The minimum atomic E-state index is -0.719. The van der Waals surface area contributed by atoms with Gasteiger partial charge in [-0.2, -0.15) is 0 Å². The van der Waals surface area contributed by atoms with E-state index >= 15 is 0 Å². The molecule has 10 nitrogen and oxygen atoms in total. The lowest BCUT2D eigenvalue weighted by Gasteiger charge is -2.16. The average Bonchev–Trinajstić information content (AvgIpc) is 3.96. The topological polar surface area (TPSA) is 126 Å². The van der Waals surface area contributed by atoms with Gasteiger partial charge in [0.25, 0.3) is 11.8 Å². The molecular weight excluding hydrogens is 663 g/mol. The van der Waals surface area contributed by atoms with Crippen LogP contribution in [0, 0.1) is 11.6 Å². The van der Waals surface area contributed by atoms with E-state index in [2.05, 4.69) is 15.5 Å². The number of nitrogens with one attached hydrogen (secondary N) is 2. The van der Waals surface area contributed by atoms with Gasteiger partial charge in [0.05, 0.1) is 46.4 Å². The van der Waals surface area contributed by atoms with Crippen molar-refractivity contribution in [3.8, 4) is 27.6 Å². The summed E-state index contributed by atoms with van der Waals surface area (Å²) in [5.74, 6) is -0.523. The van der Waals surface area contributed by atoms with Gasteiger partial charge in [0.15, 0.2) is 11.6 Å². The Bertz CT molecular complexity index is 2390. The maximum atomic E-state index is 14.5. The van der Waals surface area contributed by atoms with Crippen LogP contribution in [0.25, 0.3) is 32.0 Å². The number of pyridine rings is 2. The molecule has 1 unspecified atom stereocenters. The number of aryl methyl sites for hydroxylation is 2. The van der Waals surface area contributed by atoms with E-state index in [4.69, 9.17) is 19.1 Å². The van der Waals surface area contributed by atoms with Crippen LogP contribution in [0.1, 0.15) is 69.8 Å². The number of carbonyl (C=O) groups excluding carboxylic acids is 1. The van der Waals surface area contributed by atoms with Crippen molar-refractivity contribution in [2.24, 2.45) is 0 Å². The Morgan fingerprint density at radius 1 is 1.06 bits per heavy atom. The summed E-state index contributed by atoms with van der Waals surface area (Å²) in [5.41, 5.74) is 5.69. The monoisotopic (exact) mass is 692 g/mol. The van der Waals surface area contributed by atoms with Gasteiger partial charge in [0.1, 0.15) is 11.6 Å². The van der Waals surface area contributed by atoms with E-state index in [9.17, 15) is 18.4 Å². The van der Waals surface area contributed by atoms with Gasteiger partial charge in [-0.25, -0.2) is 23.7 Å². The number of aromatic nitrogens is 4. The van der Waals surface area contributed by atoms with E-state index in [1.807, 2.05) is 17.0 Å². The summed E-state index contributed by atoms with van der Waals surface area (Å²) in [5, 5.41) is 11.1. The van der Waals surface area contributed by atoms with Gasteiger partial charge in [0.2, 0.25) is 0 Å². The number of hydrogen-bond donors (Lipinski definition) is 2. The van der Waals surface area contributed by atoms with Gasteiger partial charge in [-0.3, -0.25) is 9.78 Å². The number of aromatic amines is 1. The molecule has 4 aromatic heterocycles. The third-order valence-corrected chi connectivity index (χ3v) is 11.2. The lowest BCUT2D eigenvalue weighted by Crippen LogP contribution is -2.22. The number of methoxy groups -OCH3 is 1. The highest BCUT2D eigenvalue weighted by molar-refractivity contribution is 7.23. The number of carbonyl (C=O) groups is 1. The molecule has 1 amide bonds. The third-order valence-electron chi connectivity index (χ3n) is 10.1. The molecule has 252 valence electrons. The highest BCUT2D eigenvalue weighted by Gasteiger charge is 2.45. The number of amides is 1. The Morgan fingerprint density at radius 2 is 1.92 bits per heavy atom. The lowest BCUT2D eigenvalue weighted by atomic mass is 9.93. The second-order valence-electron chi connectivity index (χ2n) is 12.8. The fraction of sp³-hybridized carbons (Fsp3) is 0.270. The molecule has 3 aliphatic rings. The number of benzene rings is 2. The predicted octanol–water partition coefficient (Wildman–Crippen LogP) is 7.16. The number of H-pyrrole nitrogens is 1. The molecule has 50 heavy (non-hydrogen) atoms. The number of rotatable bonds is 8. The first-order valence-electron chi connectivity index (χ1n) is 16.6. The summed E-state index contributed by atoms with van der Waals surface area (Å²) in [6.45, 7) is 0.638. The third kappa shape index (κ3) is 4.90. The molecule has 2 N–H and O–H groups in total. The van der Waals surface area contributed by atoms with Crippen LogP contribution in [0.2, 0.25) is 0 Å². The van der Waals surface area contributed by atoms with Crippen molar-refractivity contribution < 1.29 is 22.7 Å². The van der Waals surface area contributed by atoms with Crippen molar-refractivity contribution in [1.82, 2.24) is 25.1 Å². The Morgan fingerprint density at radius 3 is 2.72 bits per heavy atom. The number of halogens is 2. The maximum absolute atomic E-state index is 14.5. The summed E-state index contributed by atoms with van der Waals surface area (Å²) in [7, 11) is 1.48. The van der Waals surface area contributed by atoms with Crippen molar-refractivity contribution in [1.29, 1.82) is 0 Å². The minimum Gasteiger partial charge on any atom is -0.493 e. The Hall–Kier alpha value is -5.43. The fourth-order valence-electron chi connectivity index (χ4n) is 7.83. The zero-order valence-electron chi connectivity index (χ0n) is 26.9. The van der Waals surface area contributed by atoms with Crippen molar-refractivity contribution in [3.63, 3.8) is 0 Å². The number of hydrogen-bond acceptors (Lipinski definition) is 9. The van der Waals surface area contributed by atoms with E-state index in [1.54, 1.807) is 24.4 Å². The molecule has 0 spiro atoms. The number of thiophene rings is 1. The van der Waals surface area contributed by atoms with Gasteiger partial charge in [-0.05, 0) is 85.4 Å². The van der Waals surface area contributed by atoms with Crippen LogP contribution in [0.4, 0.5) is 14.6 Å². The highest BCUT2D eigenvalue weighted by atomic mass is 32.1. The first-order valence-corrected chi connectivity index (χ1v) is 17.4. The van der Waals surface area contributed by atoms with Gasteiger partial charge in [-0.15, -0.1) is 16.4 Å². The minimum absolute atomic E-state index is 0.0481. The molecule has 2 atom stereocenters. The van der Waals surface area contributed by atoms with E-state index in [0.717, 1.165) is 56.6 Å². The smallest absolute Gasteiger partial charge is 0.434 e. The van der Waals surface area contributed by atoms with Gasteiger partial charge in [0, 0.05) is 28.7 Å². The van der Waals surface area contributed by atoms with Crippen LogP contribution in [0.15, 0.2) is 63.9 Å². The summed E-state index contributed by atoms with van der Waals surface area (Å²) in [4.78, 5) is 39.0. The summed E-state index contributed by atoms with van der Waals surface area (Å²) >= 11 is 1.48. The molecule has 9 rings (SSSR count). The van der Waals surface area contributed by atoms with Crippen LogP contribution in [0.3, 0.4) is 0 Å². The molecule has 6 aromatic rings. The summed E-state index contributed by atoms with van der Waals surface area (Å²) < 4.78 is 40.0. The summed E-state index contributed by atoms with van der Waals surface area (Å²) in [6.07, 6.45) is 5.82. The molecule has 6 heterocycles. The first kappa shape index (κ1) is 30.6. The second-order valence-corrected chi connectivity index (χ2v) is 13.9. The van der Waals surface area contributed by atoms with E-state index in [0.29, 0.717) is 54.0 Å². The molecule has 2 aliphatic heterocycles. The molecule has 0 saturated carbocycles. The quantitative estimate of drug-likeness (QED) is 0.172. The Balaban J connectivity index is 1.20. The maximum Gasteiger partial charge on any atom is 0.434 e. The number of ether oxygens (including phenoxy) is 1. The predicted molar refractivity (Wildman–Crippen MR) is 183 cm³/mol. The van der Waals surface area contributed by atoms with Crippen LogP contribution in [0.5, 0.6) is 5.75 Å². The molecule has 0 bridgehead atoms. The number of nitrogens with zero attached hydrogens (tertiary/aromatic N) is 4. The van der Waals surface area contributed by atoms with Crippen LogP contribution in [-0.2, 0) is 19.3 Å². The highest BCUT2D eigenvalue weighted by Crippen LogP contribution is 2.50. The van der Waals surface area contributed by atoms with Crippen molar-refractivity contribution in [2.75, 3.05) is 19.0 Å². The normalized spacial score (nSPS) is 17.7. The van der Waals surface area contributed by atoms with Gasteiger partial charge >= 0.3 is 5.76 Å². The second kappa shape index (κ2) is 11.9. The Labute approximate surface area is 288 Å². The number of anilines is 1. The molecule has 2 aromatic carbocycles. The van der Waals surface area contributed by atoms with Crippen molar-refractivity contribution in [2.45, 2.75) is 50.6 Å². The van der Waals surface area contributed by atoms with Crippen molar-refractivity contribution in [3.05, 3.63) is 111 Å². The average molecular weight is 693 g/mol. The zero-order chi connectivity index (χ0) is 34.1. The summed E-state index contributed by atoms with van der Waals surface area (Å²) in [6, 6.07) is 13.3. The molecule has 13 heteroatoms. The largest absolute Gasteiger partial charge is 0.493 e. The Kier molecular flexibility index (Phi) is 7.27. The SMILES string of the molecule is COc1c(F)ccc2c1CC[C@H]2Nc1nccc2cc(-c3c4c(nc(CCc5ccc(F)cc5)c3-c3n[nH]c(=O)o3)C3CCCN3C4=O)sc12. The molecule has 1 fully saturated rings. The van der Waals surface area contributed by atoms with E-state index in [-0.39, 0.29) is 41.3 Å². The van der Waals surface area contributed by atoms with Crippen LogP contribution in [-0.4, -0.2) is 44.6 Å². The molecule has 1 aliphatic carbocycles. The first-order chi connectivity index (χ1) is 24.4. The molecular formula is C37H30F2N6O4S. The van der Waals surface area contributed by atoms with E-state index < -0.39 is 5.76 Å². The molecule has 0 radical (unpaired) electrons. The van der Waals surface area contributed by atoms with Gasteiger partial charge < -0.3 is 19.4 Å². The fourth-order valence-corrected chi connectivity index (χ4v) is 8.99. The number of fused-ring (bicyclic) bond motifs is 5. The van der Waals surface area contributed by atoms with E-state index in [1.165, 1.54) is 36.6 Å². The zero-order valence-corrected chi connectivity index (χ0v) is 27.7. The van der Waals surface area contributed by atoms with Crippen LogP contribution >= 0.6 is 11.3 Å².